The van der Waals surface area contributed by atoms with E-state index in [1.807, 2.05) is 4.57 Å². The fourth-order valence-electron chi connectivity index (χ4n) is 3.12. The molecule has 0 saturated heterocycles. The van der Waals surface area contributed by atoms with Crippen molar-refractivity contribution in [1.82, 2.24) is 20.1 Å². The molecule has 1 heterocycles. The minimum absolute atomic E-state index is 0.0357. The van der Waals surface area contributed by atoms with Crippen LogP contribution < -0.4 is 5.32 Å². The second-order valence-corrected chi connectivity index (χ2v) is 8.88. The minimum Gasteiger partial charge on any atom is -0.349 e. The van der Waals surface area contributed by atoms with Crippen LogP contribution in [-0.4, -0.2) is 20.7 Å². The van der Waals surface area contributed by atoms with E-state index >= 15 is 0 Å². The predicted octanol–water partition coefficient (Wildman–Crippen LogP) is 5.42. The summed E-state index contributed by atoms with van der Waals surface area (Å²) in [5.41, 5.74) is 1.59. The Balaban J connectivity index is 1.60. The Morgan fingerprint density at radius 2 is 1.93 bits per heavy atom. The van der Waals surface area contributed by atoms with E-state index in [0.29, 0.717) is 32.5 Å². The zero-order valence-electron chi connectivity index (χ0n) is 15.9. The average molecular weight is 465 g/mol. The van der Waals surface area contributed by atoms with Crippen molar-refractivity contribution in [3.63, 3.8) is 0 Å². The standard InChI is InChI=1S/C21H19Cl2FN4OS/c22-15-6-9-17(23)18(10-15)28-19(11-25-20(29)14-2-1-3-14)26-27-21(28)30-12-13-4-7-16(24)8-5-13/h4-10,14H,1-3,11-12H2,(H,25,29). The quantitative estimate of drug-likeness (QED) is 0.474. The number of hydrogen-bond acceptors (Lipinski definition) is 4. The second-order valence-electron chi connectivity index (χ2n) is 7.09. The summed E-state index contributed by atoms with van der Waals surface area (Å²) in [5, 5.41) is 13.2. The molecule has 1 amide bonds. The zero-order valence-corrected chi connectivity index (χ0v) is 18.3. The number of nitrogens with one attached hydrogen (secondary N) is 1. The van der Waals surface area contributed by atoms with Crippen molar-refractivity contribution in [2.75, 3.05) is 0 Å². The van der Waals surface area contributed by atoms with Crippen molar-refractivity contribution < 1.29 is 9.18 Å². The van der Waals surface area contributed by atoms with E-state index in [1.165, 1.54) is 23.9 Å². The van der Waals surface area contributed by atoms with Crippen LogP contribution in [0.25, 0.3) is 5.69 Å². The number of carbonyl (C=O) groups is 1. The first kappa shape index (κ1) is 21.2. The van der Waals surface area contributed by atoms with Gasteiger partial charge >= 0.3 is 0 Å². The largest absolute Gasteiger partial charge is 0.349 e. The van der Waals surface area contributed by atoms with Crippen LogP contribution in [-0.2, 0) is 17.1 Å². The van der Waals surface area contributed by atoms with Gasteiger partial charge in [0.25, 0.3) is 0 Å². The lowest BCUT2D eigenvalue weighted by Crippen LogP contribution is -2.34. The first-order chi connectivity index (χ1) is 14.5. The summed E-state index contributed by atoms with van der Waals surface area (Å²) < 4.78 is 15.0. The van der Waals surface area contributed by atoms with Crippen LogP contribution in [0, 0.1) is 11.7 Å². The van der Waals surface area contributed by atoms with Gasteiger partial charge in [0.05, 0.1) is 17.3 Å². The molecule has 0 radical (unpaired) electrons. The highest BCUT2D eigenvalue weighted by Gasteiger charge is 2.26. The molecule has 1 N–H and O–H groups in total. The number of benzene rings is 2. The molecule has 5 nitrogen and oxygen atoms in total. The van der Waals surface area contributed by atoms with E-state index in [2.05, 4.69) is 15.5 Å². The van der Waals surface area contributed by atoms with Crippen molar-refractivity contribution in [3.05, 3.63) is 69.7 Å². The first-order valence-electron chi connectivity index (χ1n) is 9.56. The lowest BCUT2D eigenvalue weighted by molar-refractivity contribution is -0.127. The summed E-state index contributed by atoms with van der Waals surface area (Å²) >= 11 is 14.1. The summed E-state index contributed by atoms with van der Waals surface area (Å²) in [4.78, 5) is 12.3. The monoisotopic (exact) mass is 464 g/mol. The third-order valence-corrected chi connectivity index (χ3v) is 6.58. The highest BCUT2D eigenvalue weighted by atomic mass is 35.5. The molecule has 1 saturated carbocycles. The predicted molar refractivity (Wildman–Crippen MR) is 117 cm³/mol. The van der Waals surface area contributed by atoms with Gasteiger partial charge in [-0.25, -0.2) is 4.39 Å². The van der Waals surface area contributed by atoms with Crippen LogP contribution in [0.5, 0.6) is 0 Å². The lowest BCUT2D eigenvalue weighted by atomic mass is 9.85. The fourth-order valence-corrected chi connectivity index (χ4v) is 4.40. The Morgan fingerprint density at radius 1 is 1.17 bits per heavy atom. The molecule has 1 fully saturated rings. The smallest absolute Gasteiger partial charge is 0.223 e. The van der Waals surface area contributed by atoms with E-state index < -0.39 is 0 Å². The maximum atomic E-state index is 13.2. The number of thioether (sulfide) groups is 1. The molecule has 0 atom stereocenters. The van der Waals surface area contributed by atoms with Gasteiger partial charge in [0.2, 0.25) is 5.91 Å². The Kier molecular flexibility index (Phi) is 6.61. The molecule has 156 valence electrons. The maximum Gasteiger partial charge on any atom is 0.223 e. The second kappa shape index (κ2) is 9.37. The van der Waals surface area contributed by atoms with Gasteiger partial charge in [0.15, 0.2) is 11.0 Å². The van der Waals surface area contributed by atoms with Gasteiger partial charge in [-0.1, -0.05) is 53.5 Å². The maximum absolute atomic E-state index is 13.2. The van der Waals surface area contributed by atoms with Crippen molar-refractivity contribution >= 4 is 40.9 Å². The van der Waals surface area contributed by atoms with Gasteiger partial charge in [-0.15, -0.1) is 10.2 Å². The van der Waals surface area contributed by atoms with Crippen molar-refractivity contribution in [2.45, 2.75) is 36.7 Å². The third-order valence-electron chi connectivity index (χ3n) is 5.03. The number of rotatable bonds is 7. The molecule has 9 heteroatoms. The van der Waals surface area contributed by atoms with Crippen LogP contribution in [0.15, 0.2) is 47.6 Å². The molecule has 0 bridgehead atoms. The van der Waals surface area contributed by atoms with Gasteiger partial charge in [0, 0.05) is 16.7 Å². The Morgan fingerprint density at radius 3 is 2.63 bits per heavy atom. The molecule has 30 heavy (non-hydrogen) atoms. The fraction of sp³-hybridized carbons (Fsp3) is 0.286. The molecule has 0 aliphatic heterocycles. The normalized spacial score (nSPS) is 13.8. The number of aromatic nitrogens is 3. The van der Waals surface area contributed by atoms with Crippen LogP contribution in [0.1, 0.15) is 30.7 Å². The Labute approximate surface area is 188 Å². The molecule has 0 spiro atoms. The Bertz CT molecular complexity index is 1050. The van der Waals surface area contributed by atoms with Crippen molar-refractivity contribution in [3.8, 4) is 5.69 Å². The van der Waals surface area contributed by atoms with E-state index in [0.717, 1.165) is 24.8 Å². The summed E-state index contributed by atoms with van der Waals surface area (Å²) in [7, 11) is 0. The average Bonchev–Trinajstić information content (AvgIpc) is 3.09. The van der Waals surface area contributed by atoms with Gasteiger partial charge < -0.3 is 5.32 Å². The van der Waals surface area contributed by atoms with Crippen LogP contribution in [0.4, 0.5) is 4.39 Å². The van der Waals surface area contributed by atoms with E-state index in [-0.39, 0.29) is 24.2 Å². The van der Waals surface area contributed by atoms with E-state index in [1.54, 1.807) is 30.3 Å². The van der Waals surface area contributed by atoms with E-state index in [4.69, 9.17) is 23.2 Å². The summed E-state index contributed by atoms with van der Waals surface area (Å²) in [5.74, 6) is 0.984. The number of carbonyl (C=O) groups excluding carboxylic acids is 1. The van der Waals surface area contributed by atoms with Crippen LogP contribution in [0.2, 0.25) is 10.0 Å². The third kappa shape index (κ3) is 4.79. The summed E-state index contributed by atoms with van der Waals surface area (Å²) in [6.07, 6.45) is 2.95. The molecule has 1 aliphatic rings. The molecule has 3 aromatic rings. The number of halogens is 3. The number of hydrogen-bond donors (Lipinski definition) is 1. The van der Waals surface area contributed by atoms with Crippen molar-refractivity contribution in [2.24, 2.45) is 5.92 Å². The molecular formula is C21H19Cl2FN4OS. The Hall–Kier alpha value is -2.09. The molecule has 2 aromatic carbocycles. The van der Waals surface area contributed by atoms with Crippen LogP contribution >= 0.6 is 35.0 Å². The lowest BCUT2D eigenvalue weighted by Gasteiger charge is -2.24. The highest BCUT2D eigenvalue weighted by molar-refractivity contribution is 7.98. The van der Waals surface area contributed by atoms with Gasteiger partial charge in [-0.05, 0) is 48.7 Å². The van der Waals surface area contributed by atoms with E-state index in [9.17, 15) is 9.18 Å². The summed E-state index contributed by atoms with van der Waals surface area (Å²) in [6.45, 7) is 0.238. The molecule has 4 rings (SSSR count). The molecular weight excluding hydrogens is 446 g/mol. The first-order valence-corrected chi connectivity index (χ1v) is 11.3. The molecule has 1 aromatic heterocycles. The van der Waals surface area contributed by atoms with Gasteiger partial charge in [-0.3, -0.25) is 9.36 Å². The zero-order chi connectivity index (χ0) is 21.1. The minimum atomic E-state index is -0.276. The SMILES string of the molecule is O=C(NCc1nnc(SCc2ccc(F)cc2)n1-c1cc(Cl)ccc1Cl)C1CCC1. The van der Waals surface area contributed by atoms with Gasteiger partial charge in [0.1, 0.15) is 5.82 Å². The number of amides is 1. The number of nitrogens with zero attached hydrogens (tertiary/aromatic N) is 3. The van der Waals surface area contributed by atoms with Crippen molar-refractivity contribution in [1.29, 1.82) is 0 Å². The molecule has 0 unspecified atom stereocenters. The van der Waals surface area contributed by atoms with Crippen LogP contribution in [0.3, 0.4) is 0 Å². The summed E-state index contributed by atoms with van der Waals surface area (Å²) in [6, 6.07) is 11.5. The molecule has 1 aliphatic carbocycles. The van der Waals surface area contributed by atoms with Gasteiger partial charge in [-0.2, -0.15) is 0 Å². The highest BCUT2D eigenvalue weighted by Crippen LogP contribution is 2.31. The topological polar surface area (TPSA) is 59.8 Å².